The Hall–Kier alpha value is -1.81. The SMILES string of the molecule is Cc1onc(-c2ccccc2Cl)c1C(=O)N1CCCCCC1. The standard InChI is InChI=1S/C17H19ClN2O2/c1-12-15(17(21)20-10-6-2-3-7-11-20)16(19-22-12)13-8-4-5-9-14(13)18/h4-5,8-9H,2-3,6-7,10-11H2,1H3. The van der Waals surface area contributed by atoms with E-state index >= 15 is 0 Å². The topological polar surface area (TPSA) is 46.3 Å². The number of nitrogens with zero attached hydrogens (tertiary/aromatic N) is 2. The molecular weight excluding hydrogens is 300 g/mol. The highest BCUT2D eigenvalue weighted by Gasteiger charge is 2.27. The Morgan fingerprint density at radius 1 is 1.18 bits per heavy atom. The fourth-order valence-corrected chi connectivity index (χ4v) is 3.12. The van der Waals surface area contributed by atoms with Crippen molar-refractivity contribution in [2.45, 2.75) is 32.6 Å². The zero-order valence-electron chi connectivity index (χ0n) is 12.6. The molecule has 4 nitrogen and oxygen atoms in total. The number of carbonyl (C=O) groups is 1. The van der Waals surface area contributed by atoms with E-state index in [0.29, 0.717) is 22.0 Å². The summed E-state index contributed by atoms with van der Waals surface area (Å²) in [6, 6.07) is 7.39. The van der Waals surface area contributed by atoms with Gasteiger partial charge in [0.05, 0.1) is 5.02 Å². The van der Waals surface area contributed by atoms with Gasteiger partial charge >= 0.3 is 0 Å². The second-order valence-electron chi connectivity index (χ2n) is 5.65. The molecule has 1 aliphatic rings. The van der Waals surface area contributed by atoms with Crippen LogP contribution in [0.3, 0.4) is 0 Å². The largest absolute Gasteiger partial charge is 0.360 e. The first-order chi connectivity index (χ1) is 10.7. The predicted molar refractivity (Wildman–Crippen MR) is 86.1 cm³/mol. The van der Waals surface area contributed by atoms with E-state index in [4.69, 9.17) is 16.1 Å². The number of halogens is 1. The summed E-state index contributed by atoms with van der Waals surface area (Å²) in [6.07, 6.45) is 4.47. The Balaban J connectivity index is 1.98. The summed E-state index contributed by atoms with van der Waals surface area (Å²) in [7, 11) is 0. The number of hydrogen-bond acceptors (Lipinski definition) is 3. The second kappa shape index (κ2) is 6.53. The van der Waals surface area contributed by atoms with E-state index in [1.165, 1.54) is 12.8 Å². The average molecular weight is 319 g/mol. The van der Waals surface area contributed by atoms with Crippen LogP contribution in [0.4, 0.5) is 0 Å². The van der Waals surface area contributed by atoms with Crippen LogP contribution >= 0.6 is 11.6 Å². The predicted octanol–water partition coefficient (Wildman–Crippen LogP) is 4.32. The minimum Gasteiger partial charge on any atom is -0.360 e. The third kappa shape index (κ3) is 2.88. The maximum atomic E-state index is 12.9. The molecule has 3 rings (SSSR count). The molecular formula is C17H19ClN2O2. The van der Waals surface area contributed by atoms with Gasteiger partial charge in [-0.15, -0.1) is 0 Å². The summed E-state index contributed by atoms with van der Waals surface area (Å²) in [5.74, 6) is 0.541. The first kappa shape index (κ1) is 15.1. The highest BCUT2D eigenvalue weighted by atomic mass is 35.5. The molecule has 0 saturated carbocycles. The van der Waals surface area contributed by atoms with Gasteiger partial charge in [0.1, 0.15) is 17.0 Å². The van der Waals surface area contributed by atoms with E-state index in [9.17, 15) is 4.79 Å². The quantitative estimate of drug-likeness (QED) is 0.828. The number of likely N-dealkylation sites (tertiary alicyclic amines) is 1. The van der Waals surface area contributed by atoms with Gasteiger partial charge in [-0.25, -0.2) is 0 Å². The van der Waals surface area contributed by atoms with Gasteiger partial charge in [0.25, 0.3) is 5.91 Å². The summed E-state index contributed by atoms with van der Waals surface area (Å²) in [4.78, 5) is 14.8. The minimum absolute atomic E-state index is 0.00410. The fraction of sp³-hybridized carbons (Fsp3) is 0.412. The van der Waals surface area contributed by atoms with E-state index in [1.807, 2.05) is 23.1 Å². The smallest absolute Gasteiger partial charge is 0.259 e. The van der Waals surface area contributed by atoms with Crippen molar-refractivity contribution >= 4 is 17.5 Å². The average Bonchev–Trinajstić information content (AvgIpc) is 2.74. The van der Waals surface area contributed by atoms with E-state index in [0.717, 1.165) is 31.5 Å². The monoisotopic (exact) mass is 318 g/mol. The summed E-state index contributed by atoms with van der Waals surface area (Å²) >= 11 is 6.25. The molecule has 116 valence electrons. The van der Waals surface area contributed by atoms with Gasteiger partial charge in [-0.3, -0.25) is 4.79 Å². The highest BCUT2D eigenvalue weighted by Crippen LogP contribution is 2.32. The van der Waals surface area contributed by atoms with Crippen LogP contribution in [0.2, 0.25) is 5.02 Å². The molecule has 22 heavy (non-hydrogen) atoms. The molecule has 0 spiro atoms. The molecule has 0 unspecified atom stereocenters. The molecule has 5 heteroatoms. The van der Waals surface area contributed by atoms with Crippen LogP contribution in [-0.4, -0.2) is 29.1 Å². The van der Waals surface area contributed by atoms with Crippen molar-refractivity contribution in [2.75, 3.05) is 13.1 Å². The van der Waals surface area contributed by atoms with Crippen LogP contribution in [0.25, 0.3) is 11.3 Å². The molecule has 1 aliphatic heterocycles. The van der Waals surface area contributed by atoms with Crippen molar-refractivity contribution in [3.8, 4) is 11.3 Å². The van der Waals surface area contributed by atoms with Gasteiger partial charge in [0.15, 0.2) is 0 Å². The van der Waals surface area contributed by atoms with Crippen LogP contribution in [-0.2, 0) is 0 Å². The van der Waals surface area contributed by atoms with Gasteiger partial charge in [0.2, 0.25) is 0 Å². The maximum Gasteiger partial charge on any atom is 0.259 e. The van der Waals surface area contributed by atoms with E-state index in [2.05, 4.69) is 5.16 Å². The Kier molecular flexibility index (Phi) is 4.48. The van der Waals surface area contributed by atoms with Crippen LogP contribution in [0.15, 0.2) is 28.8 Å². The van der Waals surface area contributed by atoms with Crippen molar-refractivity contribution < 1.29 is 9.32 Å². The third-order valence-corrected chi connectivity index (χ3v) is 4.43. The zero-order chi connectivity index (χ0) is 15.5. The molecule has 0 radical (unpaired) electrons. The van der Waals surface area contributed by atoms with Crippen LogP contribution in [0.5, 0.6) is 0 Å². The number of rotatable bonds is 2. The first-order valence-corrected chi connectivity index (χ1v) is 8.06. The van der Waals surface area contributed by atoms with Crippen molar-refractivity contribution in [2.24, 2.45) is 0 Å². The Morgan fingerprint density at radius 3 is 2.55 bits per heavy atom. The molecule has 0 N–H and O–H groups in total. The fourth-order valence-electron chi connectivity index (χ4n) is 2.89. The van der Waals surface area contributed by atoms with Gasteiger partial charge in [-0.05, 0) is 25.8 Å². The van der Waals surface area contributed by atoms with Crippen molar-refractivity contribution in [1.82, 2.24) is 10.1 Å². The lowest BCUT2D eigenvalue weighted by atomic mass is 10.0. The minimum atomic E-state index is -0.00410. The highest BCUT2D eigenvalue weighted by molar-refractivity contribution is 6.33. The molecule has 1 fully saturated rings. The summed E-state index contributed by atoms with van der Waals surface area (Å²) in [6.45, 7) is 3.37. The molecule has 0 atom stereocenters. The normalized spacial score (nSPS) is 15.6. The first-order valence-electron chi connectivity index (χ1n) is 7.69. The Morgan fingerprint density at radius 2 is 1.86 bits per heavy atom. The molecule has 0 bridgehead atoms. The number of amides is 1. The molecule has 1 aromatic carbocycles. The van der Waals surface area contributed by atoms with E-state index in [-0.39, 0.29) is 5.91 Å². The summed E-state index contributed by atoms with van der Waals surface area (Å²) < 4.78 is 5.29. The number of benzene rings is 1. The van der Waals surface area contributed by atoms with Gasteiger partial charge in [0, 0.05) is 18.7 Å². The maximum absolute atomic E-state index is 12.9. The van der Waals surface area contributed by atoms with Gasteiger partial charge < -0.3 is 9.42 Å². The molecule has 1 aromatic heterocycles. The Bertz CT molecular complexity index is 673. The van der Waals surface area contributed by atoms with E-state index in [1.54, 1.807) is 13.0 Å². The van der Waals surface area contributed by atoms with Crippen molar-refractivity contribution in [3.05, 3.63) is 40.6 Å². The Labute approximate surface area is 135 Å². The van der Waals surface area contributed by atoms with Crippen LogP contribution < -0.4 is 0 Å². The number of carbonyl (C=O) groups excluding carboxylic acids is 1. The van der Waals surface area contributed by atoms with Gasteiger partial charge in [-0.1, -0.05) is 47.8 Å². The molecule has 1 amide bonds. The third-order valence-electron chi connectivity index (χ3n) is 4.10. The molecule has 2 heterocycles. The number of hydrogen-bond donors (Lipinski definition) is 0. The molecule has 0 aliphatic carbocycles. The van der Waals surface area contributed by atoms with Crippen molar-refractivity contribution in [1.29, 1.82) is 0 Å². The number of aryl methyl sites for hydroxylation is 1. The van der Waals surface area contributed by atoms with E-state index < -0.39 is 0 Å². The summed E-state index contributed by atoms with van der Waals surface area (Å²) in [5, 5.41) is 4.65. The number of aromatic nitrogens is 1. The lowest BCUT2D eigenvalue weighted by molar-refractivity contribution is 0.0760. The van der Waals surface area contributed by atoms with Crippen LogP contribution in [0, 0.1) is 6.92 Å². The molecule has 2 aromatic rings. The lowest BCUT2D eigenvalue weighted by Gasteiger charge is -2.20. The van der Waals surface area contributed by atoms with Crippen LogP contribution in [0.1, 0.15) is 41.8 Å². The zero-order valence-corrected chi connectivity index (χ0v) is 13.4. The second-order valence-corrected chi connectivity index (χ2v) is 6.06. The lowest BCUT2D eigenvalue weighted by Crippen LogP contribution is -2.32. The molecule has 1 saturated heterocycles. The van der Waals surface area contributed by atoms with Crippen molar-refractivity contribution in [3.63, 3.8) is 0 Å². The van der Waals surface area contributed by atoms with Gasteiger partial charge in [-0.2, -0.15) is 0 Å². The summed E-state index contributed by atoms with van der Waals surface area (Å²) in [5.41, 5.74) is 1.81.